The van der Waals surface area contributed by atoms with Crippen LogP contribution in [-0.2, 0) is 11.3 Å². The number of nitrogens with two attached hydrogens (primary N) is 1. The summed E-state index contributed by atoms with van der Waals surface area (Å²) >= 11 is 5.16. The molecule has 0 saturated heterocycles. The van der Waals surface area contributed by atoms with Crippen molar-refractivity contribution >= 4 is 23.1 Å². The van der Waals surface area contributed by atoms with Crippen molar-refractivity contribution in [2.75, 3.05) is 0 Å². The fraction of sp³-hybridized carbons (Fsp3) is 0.533. The highest BCUT2D eigenvalue weighted by atomic mass is 32.1. The third-order valence-electron chi connectivity index (χ3n) is 4.04. The minimum atomic E-state index is -0.647. The van der Waals surface area contributed by atoms with Crippen LogP contribution in [0.2, 0.25) is 0 Å². The predicted molar refractivity (Wildman–Crippen MR) is 83.1 cm³/mol. The number of carbonyl (C=O) groups excluding carboxylic acids is 1. The highest BCUT2D eigenvalue weighted by Gasteiger charge is 2.42. The maximum atomic E-state index is 12.5. The second-order valence-corrected chi connectivity index (χ2v) is 5.94. The molecule has 1 amide bonds. The van der Waals surface area contributed by atoms with Crippen LogP contribution in [-0.4, -0.2) is 15.9 Å². The van der Waals surface area contributed by atoms with Crippen LogP contribution in [0.3, 0.4) is 0 Å². The average Bonchev–Trinajstić information content (AvgIpc) is 2.47. The molecule has 0 atom stereocenters. The van der Waals surface area contributed by atoms with E-state index in [0.29, 0.717) is 11.5 Å². The SMILES string of the molecule is Cc1ccc(CNC(=O)C2(C(N)=S)CCCCC2)cn1. The van der Waals surface area contributed by atoms with Crippen LogP contribution in [0.25, 0.3) is 0 Å². The fourth-order valence-corrected chi connectivity index (χ4v) is 2.99. The van der Waals surface area contributed by atoms with Gasteiger partial charge in [-0.2, -0.15) is 0 Å². The number of nitrogens with zero attached hydrogens (tertiary/aromatic N) is 1. The van der Waals surface area contributed by atoms with E-state index in [4.69, 9.17) is 18.0 Å². The molecule has 3 N–H and O–H groups in total. The maximum absolute atomic E-state index is 12.5. The monoisotopic (exact) mass is 291 g/mol. The molecule has 1 aliphatic carbocycles. The average molecular weight is 291 g/mol. The zero-order valence-corrected chi connectivity index (χ0v) is 12.6. The van der Waals surface area contributed by atoms with Crippen molar-refractivity contribution in [2.24, 2.45) is 11.1 Å². The summed E-state index contributed by atoms with van der Waals surface area (Å²) in [6, 6.07) is 3.91. The molecule has 1 aromatic heterocycles. The van der Waals surface area contributed by atoms with Crippen molar-refractivity contribution in [1.82, 2.24) is 10.3 Å². The Morgan fingerprint density at radius 2 is 2.10 bits per heavy atom. The molecule has 4 nitrogen and oxygen atoms in total. The predicted octanol–water partition coefficient (Wildman–Crippen LogP) is 2.24. The minimum absolute atomic E-state index is 0.0368. The van der Waals surface area contributed by atoms with Crippen LogP contribution in [0, 0.1) is 12.3 Å². The van der Waals surface area contributed by atoms with Crippen LogP contribution in [0.5, 0.6) is 0 Å². The number of rotatable bonds is 4. The van der Waals surface area contributed by atoms with Crippen molar-refractivity contribution in [3.8, 4) is 0 Å². The summed E-state index contributed by atoms with van der Waals surface area (Å²) in [5, 5.41) is 2.96. The van der Waals surface area contributed by atoms with Gasteiger partial charge in [-0.1, -0.05) is 37.5 Å². The highest BCUT2D eigenvalue weighted by molar-refractivity contribution is 7.80. The minimum Gasteiger partial charge on any atom is -0.392 e. The smallest absolute Gasteiger partial charge is 0.233 e. The van der Waals surface area contributed by atoms with Gasteiger partial charge in [-0.25, -0.2) is 0 Å². The van der Waals surface area contributed by atoms with Crippen LogP contribution >= 0.6 is 12.2 Å². The molecule has 0 spiro atoms. The molecule has 0 radical (unpaired) electrons. The summed E-state index contributed by atoms with van der Waals surface area (Å²) in [6.07, 6.45) is 6.48. The molecule has 1 fully saturated rings. The summed E-state index contributed by atoms with van der Waals surface area (Å²) in [7, 11) is 0. The van der Waals surface area contributed by atoms with E-state index in [1.54, 1.807) is 6.20 Å². The zero-order valence-electron chi connectivity index (χ0n) is 11.8. The van der Waals surface area contributed by atoms with Crippen LogP contribution in [0.4, 0.5) is 0 Å². The van der Waals surface area contributed by atoms with E-state index in [1.807, 2.05) is 19.1 Å². The van der Waals surface area contributed by atoms with E-state index >= 15 is 0 Å². The molecule has 2 rings (SSSR count). The number of hydrogen-bond acceptors (Lipinski definition) is 3. The van der Waals surface area contributed by atoms with E-state index in [9.17, 15) is 4.79 Å². The van der Waals surface area contributed by atoms with Gasteiger partial charge in [0.2, 0.25) is 5.91 Å². The van der Waals surface area contributed by atoms with E-state index in [0.717, 1.165) is 43.4 Å². The number of amides is 1. The van der Waals surface area contributed by atoms with Gasteiger partial charge in [-0.15, -0.1) is 0 Å². The summed E-state index contributed by atoms with van der Waals surface area (Å²) in [4.78, 5) is 17.1. The van der Waals surface area contributed by atoms with Gasteiger partial charge in [0.15, 0.2) is 0 Å². The molecule has 0 bridgehead atoms. The van der Waals surface area contributed by atoms with Crippen molar-refractivity contribution in [3.63, 3.8) is 0 Å². The van der Waals surface area contributed by atoms with Gasteiger partial charge in [-0.05, 0) is 31.4 Å². The number of carbonyl (C=O) groups is 1. The van der Waals surface area contributed by atoms with Crippen LogP contribution < -0.4 is 11.1 Å². The maximum Gasteiger partial charge on any atom is 0.233 e. The quantitative estimate of drug-likeness (QED) is 0.835. The topological polar surface area (TPSA) is 68.0 Å². The molecule has 1 aromatic rings. The second-order valence-electron chi connectivity index (χ2n) is 5.50. The number of thiocarbonyl (C=S) groups is 1. The zero-order chi connectivity index (χ0) is 14.6. The third-order valence-corrected chi connectivity index (χ3v) is 4.43. The molecule has 1 saturated carbocycles. The molecular weight excluding hydrogens is 270 g/mol. The molecular formula is C15H21N3OS. The largest absolute Gasteiger partial charge is 0.392 e. The van der Waals surface area contributed by atoms with E-state index in [-0.39, 0.29) is 5.91 Å². The molecule has 108 valence electrons. The highest BCUT2D eigenvalue weighted by Crippen LogP contribution is 2.37. The Morgan fingerprint density at radius 1 is 1.40 bits per heavy atom. The number of pyridine rings is 1. The molecule has 0 unspecified atom stereocenters. The number of hydrogen-bond donors (Lipinski definition) is 2. The molecule has 0 aromatic carbocycles. The second kappa shape index (κ2) is 6.31. The lowest BCUT2D eigenvalue weighted by molar-refractivity contribution is -0.129. The van der Waals surface area contributed by atoms with Gasteiger partial charge >= 0.3 is 0 Å². The van der Waals surface area contributed by atoms with Gasteiger partial charge in [0.05, 0.1) is 10.4 Å². The Balaban J connectivity index is 2.02. The van der Waals surface area contributed by atoms with E-state index in [2.05, 4.69) is 10.3 Å². The first kappa shape index (κ1) is 14.9. The Hall–Kier alpha value is -1.49. The Bertz CT molecular complexity index is 492. The summed E-state index contributed by atoms with van der Waals surface area (Å²) in [5.41, 5.74) is 7.15. The molecule has 1 aliphatic rings. The lowest BCUT2D eigenvalue weighted by atomic mass is 9.73. The lowest BCUT2D eigenvalue weighted by Crippen LogP contribution is -2.49. The van der Waals surface area contributed by atoms with Gasteiger partial charge in [0.25, 0.3) is 0 Å². The Morgan fingerprint density at radius 3 is 2.65 bits per heavy atom. The number of nitrogens with one attached hydrogen (secondary N) is 1. The first-order chi connectivity index (χ1) is 9.54. The van der Waals surface area contributed by atoms with Crippen molar-refractivity contribution < 1.29 is 4.79 Å². The molecule has 1 heterocycles. The normalized spacial score (nSPS) is 17.4. The van der Waals surface area contributed by atoms with E-state index < -0.39 is 5.41 Å². The van der Waals surface area contributed by atoms with Crippen molar-refractivity contribution in [2.45, 2.75) is 45.6 Å². The number of aromatic nitrogens is 1. The van der Waals surface area contributed by atoms with Gasteiger partial charge in [-0.3, -0.25) is 9.78 Å². The van der Waals surface area contributed by atoms with Crippen LogP contribution in [0.1, 0.15) is 43.4 Å². The van der Waals surface area contributed by atoms with Gasteiger partial charge in [0, 0.05) is 18.4 Å². The molecule has 0 aliphatic heterocycles. The summed E-state index contributed by atoms with van der Waals surface area (Å²) in [5.74, 6) is -0.0368. The Kier molecular flexibility index (Phi) is 4.70. The first-order valence-electron chi connectivity index (χ1n) is 7.04. The Labute approximate surface area is 125 Å². The lowest BCUT2D eigenvalue weighted by Gasteiger charge is -2.34. The third kappa shape index (κ3) is 3.15. The van der Waals surface area contributed by atoms with Gasteiger partial charge < -0.3 is 11.1 Å². The standard InChI is InChI=1S/C15H21N3OS/c1-11-5-6-12(9-17-11)10-18-14(19)15(13(16)20)7-3-2-4-8-15/h5-6,9H,2-4,7-8,10H2,1H3,(H2,16,20)(H,18,19). The number of aryl methyl sites for hydroxylation is 1. The molecule has 5 heteroatoms. The van der Waals surface area contributed by atoms with Crippen molar-refractivity contribution in [1.29, 1.82) is 0 Å². The van der Waals surface area contributed by atoms with Gasteiger partial charge in [0.1, 0.15) is 0 Å². The fourth-order valence-electron chi connectivity index (χ4n) is 2.70. The summed E-state index contributed by atoms with van der Waals surface area (Å²) in [6.45, 7) is 2.41. The van der Waals surface area contributed by atoms with E-state index in [1.165, 1.54) is 0 Å². The molecule has 20 heavy (non-hydrogen) atoms. The first-order valence-corrected chi connectivity index (χ1v) is 7.45. The van der Waals surface area contributed by atoms with Crippen LogP contribution in [0.15, 0.2) is 18.3 Å². The van der Waals surface area contributed by atoms with Crippen molar-refractivity contribution in [3.05, 3.63) is 29.6 Å². The summed E-state index contributed by atoms with van der Waals surface area (Å²) < 4.78 is 0.